The van der Waals surface area contributed by atoms with E-state index in [1.807, 2.05) is 6.92 Å². The monoisotopic (exact) mass is 250 g/mol. The van der Waals surface area contributed by atoms with E-state index in [4.69, 9.17) is 10.8 Å². The average Bonchev–Trinajstić information content (AvgIpc) is 2.28. The van der Waals surface area contributed by atoms with Crippen LogP contribution in [-0.4, -0.2) is 17.1 Å². The van der Waals surface area contributed by atoms with Crippen molar-refractivity contribution in [2.45, 2.75) is 39.7 Å². The first-order valence-electron chi connectivity index (χ1n) is 6.30. The number of hydrogen-bond acceptors (Lipinski definition) is 3. The fourth-order valence-corrected chi connectivity index (χ4v) is 1.81. The van der Waals surface area contributed by atoms with Gasteiger partial charge >= 0.3 is 5.97 Å². The molecular weight excluding hydrogens is 228 g/mol. The lowest BCUT2D eigenvalue weighted by atomic mass is 10.0. The SMILES string of the molecule is CC(C)CCC(C)Nc1c(N)cccc1C(=O)O. The van der Waals surface area contributed by atoms with Gasteiger partial charge in [-0.15, -0.1) is 0 Å². The maximum Gasteiger partial charge on any atom is 0.337 e. The van der Waals surface area contributed by atoms with Crippen molar-refractivity contribution in [3.05, 3.63) is 23.8 Å². The van der Waals surface area contributed by atoms with Gasteiger partial charge in [-0.05, 0) is 37.8 Å². The van der Waals surface area contributed by atoms with E-state index in [1.165, 1.54) is 0 Å². The molecule has 1 aromatic carbocycles. The summed E-state index contributed by atoms with van der Waals surface area (Å²) >= 11 is 0. The molecule has 0 heterocycles. The molecule has 0 aliphatic rings. The number of anilines is 2. The van der Waals surface area contributed by atoms with E-state index in [0.29, 0.717) is 17.3 Å². The molecule has 0 amide bonds. The normalized spacial score (nSPS) is 12.4. The van der Waals surface area contributed by atoms with Gasteiger partial charge in [-0.3, -0.25) is 0 Å². The second-order valence-corrected chi connectivity index (χ2v) is 5.09. The van der Waals surface area contributed by atoms with Crippen molar-refractivity contribution in [1.82, 2.24) is 0 Å². The Hall–Kier alpha value is -1.71. The quantitative estimate of drug-likeness (QED) is 0.678. The maximum atomic E-state index is 11.1. The Morgan fingerprint density at radius 3 is 2.56 bits per heavy atom. The Kier molecular flexibility index (Phi) is 5.01. The summed E-state index contributed by atoms with van der Waals surface area (Å²) in [6.45, 7) is 6.39. The van der Waals surface area contributed by atoms with Crippen LogP contribution in [0.5, 0.6) is 0 Å². The summed E-state index contributed by atoms with van der Waals surface area (Å²) < 4.78 is 0. The molecule has 1 atom stereocenters. The number of aromatic carboxylic acids is 1. The van der Waals surface area contributed by atoms with Crippen LogP contribution in [0.2, 0.25) is 0 Å². The molecule has 0 aromatic heterocycles. The number of nitrogens with one attached hydrogen (secondary N) is 1. The number of carbonyl (C=O) groups is 1. The maximum absolute atomic E-state index is 11.1. The molecule has 1 unspecified atom stereocenters. The average molecular weight is 250 g/mol. The highest BCUT2D eigenvalue weighted by Gasteiger charge is 2.14. The van der Waals surface area contributed by atoms with E-state index in [1.54, 1.807) is 18.2 Å². The highest BCUT2D eigenvalue weighted by molar-refractivity contribution is 5.97. The summed E-state index contributed by atoms with van der Waals surface area (Å²) in [5.41, 5.74) is 7.07. The number of nitrogens with two attached hydrogens (primary N) is 1. The Balaban J connectivity index is 2.80. The molecule has 0 fully saturated rings. The second-order valence-electron chi connectivity index (χ2n) is 5.09. The zero-order valence-electron chi connectivity index (χ0n) is 11.2. The van der Waals surface area contributed by atoms with E-state index >= 15 is 0 Å². The predicted octanol–water partition coefficient (Wildman–Crippen LogP) is 3.20. The number of nitrogen functional groups attached to an aromatic ring is 1. The van der Waals surface area contributed by atoms with E-state index in [0.717, 1.165) is 12.8 Å². The van der Waals surface area contributed by atoms with Crippen molar-refractivity contribution in [2.24, 2.45) is 5.92 Å². The summed E-state index contributed by atoms with van der Waals surface area (Å²) in [7, 11) is 0. The summed E-state index contributed by atoms with van der Waals surface area (Å²) in [6, 6.07) is 5.14. The van der Waals surface area contributed by atoms with Crippen molar-refractivity contribution in [3.8, 4) is 0 Å². The van der Waals surface area contributed by atoms with Crippen molar-refractivity contribution in [3.63, 3.8) is 0 Å². The van der Waals surface area contributed by atoms with Gasteiger partial charge in [0.25, 0.3) is 0 Å². The molecule has 4 N–H and O–H groups in total. The first-order valence-corrected chi connectivity index (χ1v) is 6.30. The van der Waals surface area contributed by atoms with Gasteiger partial charge in [0.2, 0.25) is 0 Å². The molecule has 0 aliphatic carbocycles. The molecule has 18 heavy (non-hydrogen) atoms. The van der Waals surface area contributed by atoms with E-state index in [2.05, 4.69) is 19.2 Å². The van der Waals surface area contributed by atoms with Crippen LogP contribution >= 0.6 is 0 Å². The topological polar surface area (TPSA) is 75.3 Å². The first-order chi connectivity index (χ1) is 8.41. The van der Waals surface area contributed by atoms with Crippen molar-refractivity contribution < 1.29 is 9.90 Å². The first kappa shape index (κ1) is 14.4. The van der Waals surface area contributed by atoms with Gasteiger partial charge in [0.1, 0.15) is 0 Å². The lowest BCUT2D eigenvalue weighted by Crippen LogP contribution is -2.19. The van der Waals surface area contributed by atoms with Crippen LogP contribution < -0.4 is 11.1 Å². The van der Waals surface area contributed by atoms with Gasteiger partial charge in [-0.2, -0.15) is 0 Å². The molecule has 0 saturated carbocycles. The summed E-state index contributed by atoms with van der Waals surface area (Å²) in [6.07, 6.45) is 2.09. The van der Waals surface area contributed by atoms with Gasteiger partial charge in [0.15, 0.2) is 0 Å². The zero-order chi connectivity index (χ0) is 13.7. The van der Waals surface area contributed by atoms with Crippen LogP contribution in [0.25, 0.3) is 0 Å². The molecular formula is C14H22N2O2. The second kappa shape index (κ2) is 6.28. The minimum absolute atomic E-state index is 0.204. The standard InChI is InChI=1S/C14H22N2O2/c1-9(2)7-8-10(3)16-13-11(14(17)18)5-4-6-12(13)15/h4-6,9-10,16H,7-8,15H2,1-3H3,(H,17,18). The third kappa shape index (κ3) is 3.95. The number of carboxylic acids is 1. The van der Waals surface area contributed by atoms with Gasteiger partial charge < -0.3 is 16.2 Å². The molecule has 100 valence electrons. The Morgan fingerprint density at radius 1 is 1.33 bits per heavy atom. The smallest absolute Gasteiger partial charge is 0.337 e. The molecule has 0 radical (unpaired) electrons. The number of para-hydroxylation sites is 1. The fraction of sp³-hybridized carbons (Fsp3) is 0.500. The summed E-state index contributed by atoms with van der Waals surface area (Å²) in [4.78, 5) is 11.1. The van der Waals surface area contributed by atoms with Gasteiger partial charge in [0, 0.05) is 6.04 Å². The largest absolute Gasteiger partial charge is 0.478 e. The van der Waals surface area contributed by atoms with E-state index in [-0.39, 0.29) is 11.6 Å². The number of benzene rings is 1. The minimum atomic E-state index is -0.958. The highest BCUT2D eigenvalue weighted by Crippen LogP contribution is 2.25. The third-order valence-electron chi connectivity index (χ3n) is 2.89. The van der Waals surface area contributed by atoms with Gasteiger partial charge in [0.05, 0.1) is 16.9 Å². The van der Waals surface area contributed by atoms with E-state index < -0.39 is 5.97 Å². The lowest BCUT2D eigenvalue weighted by Gasteiger charge is -2.19. The van der Waals surface area contributed by atoms with Crippen molar-refractivity contribution >= 4 is 17.3 Å². The molecule has 1 rings (SSSR count). The molecule has 4 heteroatoms. The van der Waals surface area contributed by atoms with Crippen LogP contribution in [0.1, 0.15) is 44.0 Å². The van der Waals surface area contributed by atoms with Crippen LogP contribution in [0.3, 0.4) is 0 Å². The lowest BCUT2D eigenvalue weighted by molar-refractivity contribution is 0.0698. The Morgan fingerprint density at radius 2 is 2.00 bits per heavy atom. The van der Waals surface area contributed by atoms with Gasteiger partial charge in [-0.1, -0.05) is 19.9 Å². The van der Waals surface area contributed by atoms with Crippen LogP contribution in [0, 0.1) is 5.92 Å². The molecule has 4 nitrogen and oxygen atoms in total. The fourth-order valence-electron chi connectivity index (χ4n) is 1.81. The van der Waals surface area contributed by atoms with Crippen molar-refractivity contribution in [2.75, 3.05) is 11.1 Å². The number of hydrogen-bond donors (Lipinski definition) is 3. The minimum Gasteiger partial charge on any atom is -0.478 e. The van der Waals surface area contributed by atoms with E-state index in [9.17, 15) is 4.79 Å². The summed E-state index contributed by atoms with van der Waals surface area (Å²) in [5.74, 6) is -0.317. The number of carboxylic acid groups (broad SMARTS) is 1. The third-order valence-corrected chi connectivity index (χ3v) is 2.89. The number of rotatable bonds is 6. The Bertz CT molecular complexity index is 416. The molecule has 0 spiro atoms. The molecule has 0 aliphatic heterocycles. The predicted molar refractivity (Wildman–Crippen MR) is 75.0 cm³/mol. The van der Waals surface area contributed by atoms with Gasteiger partial charge in [-0.25, -0.2) is 4.79 Å². The molecule has 0 saturated heterocycles. The van der Waals surface area contributed by atoms with Crippen LogP contribution in [0.4, 0.5) is 11.4 Å². The zero-order valence-corrected chi connectivity index (χ0v) is 11.2. The molecule has 1 aromatic rings. The Labute approximate surface area is 108 Å². The summed E-state index contributed by atoms with van der Waals surface area (Å²) in [5, 5.41) is 12.3. The molecule has 0 bridgehead atoms. The van der Waals surface area contributed by atoms with Crippen LogP contribution in [-0.2, 0) is 0 Å². The van der Waals surface area contributed by atoms with Crippen molar-refractivity contribution in [1.29, 1.82) is 0 Å². The highest BCUT2D eigenvalue weighted by atomic mass is 16.4. The van der Waals surface area contributed by atoms with Crippen LogP contribution in [0.15, 0.2) is 18.2 Å².